The van der Waals surface area contributed by atoms with Gasteiger partial charge in [-0.05, 0) is 30.2 Å². The predicted octanol–water partition coefficient (Wildman–Crippen LogP) is 2.26. The van der Waals surface area contributed by atoms with Gasteiger partial charge in [0.25, 0.3) is 0 Å². The quantitative estimate of drug-likeness (QED) is 0.815. The topological polar surface area (TPSA) is 69.6 Å². The second-order valence-corrected chi connectivity index (χ2v) is 5.64. The number of aliphatic carboxylic acids is 1. The molecule has 21 heavy (non-hydrogen) atoms. The molecule has 1 aliphatic rings. The minimum Gasteiger partial charge on any atom is -0.478 e. The Morgan fingerprint density at radius 3 is 2.95 bits per heavy atom. The van der Waals surface area contributed by atoms with Crippen LogP contribution in [0.25, 0.3) is 6.08 Å². The molecule has 2 rings (SSSR count). The molecule has 1 amide bonds. The number of hydrogen-bond donors (Lipinski definition) is 2. The van der Waals surface area contributed by atoms with Gasteiger partial charge in [0.2, 0.25) is 5.91 Å². The van der Waals surface area contributed by atoms with Crippen molar-refractivity contribution in [2.75, 3.05) is 18.0 Å². The number of rotatable bonds is 4. The van der Waals surface area contributed by atoms with Crippen LogP contribution in [0.3, 0.4) is 0 Å². The molecule has 6 heteroatoms. The second-order valence-electron chi connectivity index (χ2n) is 4.79. The molecular weight excluding hydrogens is 336 g/mol. The molecule has 0 spiro atoms. The van der Waals surface area contributed by atoms with E-state index in [1.165, 1.54) is 6.08 Å². The molecule has 112 valence electrons. The molecule has 1 fully saturated rings. The van der Waals surface area contributed by atoms with Crippen molar-refractivity contribution in [2.45, 2.75) is 19.4 Å². The van der Waals surface area contributed by atoms with Gasteiger partial charge in [-0.1, -0.05) is 28.9 Å². The Morgan fingerprint density at radius 1 is 1.57 bits per heavy atom. The van der Waals surface area contributed by atoms with Gasteiger partial charge in [-0.25, -0.2) is 4.79 Å². The highest BCUT2D eigenvalue weighted by atomic mass is 79.9. The molecule has 1 unspecified atom stereocenters. The fourth-order valence-electron chi connectivity index (χ4n) is 2.42. The van der Waals surface area contributed by atoms with Crippen molar-refractivity contribution in [3.05, 3.63) is 34.3 Å². The SMILES string of the molecule is CCC1C(=O)NCCN1c1ccc(/C=C/C(=O)O)c(Br)c1. The van der Waals surface area contributed by atoms with Crippen LogP contribution < -0.4 is 10.2 Å². The fraction of sp³-hybridized carbons (Fsp3) is 0.333. The lowest BCUT2D eigenvalue weighted by Gasteiger charge is -2.36. The molecule has 0 aliphatic carbocycles. The summed E-state index contributed by atoms with van der Waals surface area (Å²) in [6.07, 6.45) is 3.38. The third-order valence-corrected chi connectivity index (χ3v) is 4.13. The van der Waals surface area contributed by atoms with Crippen molar-refractivity contribution >= 4 is 39.6 Å². The van der Waals surface area contributed by atoms with Crippen molar-refractivity contribution < 1.29 is 14.7 Å². The van der Waals surface area contributed by atoms with E-state index < -0.39 is 5.97 Å². The van der Waals surface area contributed by atoms with Gasteiger partial charge >= 0.3 is 5.97 Å². The summed E-state index contributed by atoms with van der Waals surface area (Å²) in [6.45, 7) is 3.39. The van der Waals surface area contributed by atoms with Crippen LogP contribution in [0, 0.1) is 0 Å². The smallest absolute Gasteiger partial charge is 0.328 e. The van der Waals surface area contributed by atoms with E-state index in [1.807, 2.05) is 25.1 Å². The van der Waals surface area contributed by atoms with Gasteiger partial charge in [-0.2, -0.15) is 0 Å². The molecule has 1 saturated heterocycles. The van der Waals surface area contributed by atoms with E-state index in [1.54, 1.807) is 0 Å². The standard InChI is InChI=1S/C15H17BrN2O3/c1-2-13-15(21)17-7-8-18(13)11-5-3-10(12(16)9-11)4-6-14(19)20/h3-6,9,13H,2,7-8H2,1H3,(H,17,21)(H,19,20)/b6-4+. The average molecular weight is 353 g/mol. The highest BCUT2D eigenvalue weighted by Gasteiger charge is 2.28. The summed E-state index contributed by atoms with van der Waals surface area (Å²) in [7, 11) is 0. The molecule has 5 nitrogen and oxygen atoms in total. The molecule has 0 saturated carbocycles. The van der Waals surface area contributed by atoms with Crippen molar-refractivity contribution in [1.29, 1.82) is 0 Å². The normalized spacial score (nSPS) is 18.9. The molecule has 1 aliphatic heterocycles. The maximum Gasteiger partial charge on any atom is 0.328 e. The van der Waals surface area contributed by atoms with Crippen LogP contribution in [-0.2, 0) is 9.59 Å². The van der Waals surface area contributed by atoms with E-state index in [-0.39, 0.29) is 11.9 Å². The van der Waals surface area contributed by atoms with Gasteiger partial charge in [-0.3, -0.25) is 4.79 Å². The zero-order valence-corrected chi connectivity index (χ0v) is 13.3. The van der Waals surface area contributed by atoms with E-state index in [0.717, 1.165) is 34.8 Å². The number of anilines is 1. The van der Waals surface area contributed by atoms with Gasteiger partial charge in [0.05, 0.1) is 0 Å². The number of carbonyl (C=O) groups excluding carboxylic acids is 1. The molecule has 0 bridgehead atoms. The maximum absolute atomic E-state index is 11.9. The molecular formula is C15H17BrN2O3. The maximum atomic E-state index is 11.9. The first-order valence-electron chi connectivity index (χ1n) is 6.78. The summed E-state index contributed by atoms with van der Waals surface area (Å²) in [6, 6.07) is 5.51. The number of piperazine rings is 1. The van der Waals surface area contributed by atoms with E-state index in [4.69, 9.17) is 5.11 Å². The molecule has 1 heterocycles. The molecule has 1 atom stereocenters. The minimum absolute atomic E-state index is 0.0507. The van der Waals surface area contributed by atoms with Crippen LogP contribution in [-0.4, -0.2) is 36.1 Å². The van der Waals surface area contributed by atoms with Crippen molar-refractivity contribution in [3.63, 3.8) is 0 Å². The van der Waals surface area contributed by atoms with Crippen LogP contribution in [0.4, 0.5) is 5.69 Å². The first kappa shape index (κ1) is 15.6. The number of benzene rings is 1. The molecule has 0 radical (unpaired) electrons. The lowest BCUT2D eigenvalue weighted by atomic mass is 10.1. The number of nitrogens with zero attached hydrogens (tertiary/aromatic N) is 1. The molecule has 0 aromatic heterocycles. The van der Waals surface area contributed by atoms with Crippen molar-refractivity contribution in [3.8, 4) is 0 Å². The Labute approximate surface area is 131 Å². The Morgan fingerprint density at radius 2 is 2.33 bits per heavy atom. The fourth-order valence-corrected chi connectivity index (χ4v) is 2.92. The number of halogens is 1. The first-order valence-corrected chi connectivity index (χ1v) is 7.57. The Balaban J connectivity index is 2.26. The number of carboxylic acid groups (broad SMARTS) is 1. The van der Waals surface area contributed by atoms with Gasteiger partial charge < -0.3 is 15.3 Å². The minimum atomic E-state index is -0.982. The summed E-state index contributed by atoms with van der Waals surface area (Å²) in [5.41, 5.74) is 1.74. The van der Waals surface area contributed by atoms with E-state index in [2.05, 4.69) is 26.1 Å². The van der Waals surface area contributed by atoms with Gasteiger partial charge in [0.1, 0.15) is 6.04 Å². The highest BCUT2D eigenvalue weighted by molar-refractivity contribution is 9.10. The number of amides is 1. The van der Waals surface area contributed by atoms with Crippen LogP contribution in [0.5, 0.6) is 0 Å². The Kier molecular flexibility index (Phi) is 5.01. The lowest BCUT2D eigenvalue weighted by molar-refractivity contribution is -0.131. The Bertz CT molecular complexity index is 586. The van der Waals surface area contributed by atoms with E-state index in [0.29, 0.717) is 6.54 Å². The van der Waals surface area contributed by atoms with Crippen LogP contribution in [0.2, 0.25) is 0 Å². The summed E-state index contributed by atoms with van der Waals surface area (Å²) in [5.74, 6) is -0.931. The highest BCUT2D eigenvalue weighted by Crippen LogP contribution is 2.27. The first-order chi connectivity index (χ1) is 10.0. The summed E-state index contributed by atoms with van der Waals surface area (Å²) >= 11 is 3.45. The largest absolute Gasteiger partial charge is 0.478 e. The lowest BCUT2D eigenvalue weighted by Crippen LogP contribution is -2.55. The molecule has 2 N–H and O–H groups in total. The van der Waals surface area contributed by atoms with Crippen molar-refractivity contribution in [2.24, 2.45) is 0 Å². The van der Waals surface area contributed by atoms with Gasteiger partial charge in [0, 0.05) is 29.3 Å². The monoisotopic (exact) mass is 352 g/mol. The van der Waals surface area contributed by atoms with Gasteiger partial charge in [-0.15, -0.1) is 0 Å². The third-order valence-electron chi connectivity index (χ3n) is 3.44. The Hall–Kier alpha value is -1.82. The number of carboxylic acids is 1. The summed E-state index contributed by atoms with van der Waals surface area (Å²) in [4.78, 5) is 24.5. The number of hydrogen-bond acceptors (Lipinski definition) is 3. The summed E-state index contributed by atoms with van der Waals surface area (Å²) < 4.78 is 0.804. The van der Waals surface area contributed by atoms with Crippen molar-refractivity contribution in [1.82, 2.24) is 5.32 Å². The average Bonchev–Trinajstić information content (AvgIpc) is 2.45. The zero-order chi connectivity index (χ0) is 15.4. The van der Waals surface area contributed by atoms with Crippen LogP contribution in [0.15, 0.2) is 28.7 Å². The summed E-state index contributed by atoms with van der Waals surface area (Å²) in [5, 5.41) is 11.5. The van der Waals surface area contributed by atoms with E-state index in [9.17, 15) is 9.59 Å². The van der Waals surface area contributed by atoms with Gasteiger partial charge in [0.15, 0.2) is 0 Å². The molecule has 1 aromatic carbocycles. The number of nitrogens with one attached hydrogen (secondary N) is 1. The molecule has 1 aromatic rings. The second kappa shape index (κ2) is 6.76. The third kappa shape index (κ3) is 3.64. The zero-order valence-electron chi connectivity index (χ0n) is 11.7. The van der Waals surface area contributed by atoms with Crippen LogP contribution in [0.1, 0.15) is 18.9 Å². The number of carbonyl (C=O) groups is 2. The van der Waals surface area contributed by atoms with E-state index >= 15 is 0 Å². The van der Waals surface area contributed by atoms with Crippen LogP contribution >= 0.6 is 15.9 Å². The predicted molar refractivity (Wildman–Crippen MR) is 85.2 cm³/mol.